The number of carboxylic acid groups (broad SMARTS) is 1. The standard InChI is InChI=1S/C16H22N2O3/c1-10(14(19)17-16(2,3)4)18-8-12-6-5-11(15(20)21)7-13(12)9-18/h5-7,10H,8-9H2,1-4H3,(H,17,19)(H,20,21). The van der Waals surface area contributed by atoms with Crippen LogP contribution in [-0.2, 0) is 17.9 Å². The average molecular weight is 290 g/mol. The van der Waals surface area contributed by atoms with E-state index >= 15 is 0 Å². The van der Waals surface area contributed by atoms with Crippen LogP contribution in [0.4, 0.5) is 0 Å². The number of benzene rings is 1. The van der Waals surface area contributed by atoms with Crippen LogP contribution >= 0.6 is 0 Å². The van der Waals surface area contributed by atoms with Gasteiger partial charge in [0.25, 0.3) is 0 Å². The number of hydrogen-bond donors (Lipinski definition) is 2. The first-order valence-corrected chi connectivity index (χ1v) is 7.08. The van der Waals surface area contributed by atoms with E-state index in [2.05, 4.69) is 10.2 Å². The molecule has 1 aromatic rings. The number of carboxylic acids is 1. The molecular weight excluding hydrogens is 268 g/mol. The normalized spacial score (nSPS) is 16.4. The van der Waals surface area contributed by atoms with Crippen molar-refractivity contribution in [2.24, 2.45) is 0 Å². The summed E-state index contributed by atoms with van der Waals surface area (Å²) in [5.41, 5.74) is 2.12. The highest BCUT2D eigenvalue weighted by molar-refractivity contribution is 5.88. The van der Waals surface area contributed by atoms with Crippen molar-refractivity contribution in [3.05, 3.63) is 34.9 Å². The van der Waals surface area contributed by atoms with Crippen LogP contribution in [0, 0.1) is 0 Å². The third kappa shape index (κ3) is 3.61. The maximum absolute atomic E-state index is 12.2. The number of rotatable bonds is 3. The molecule has 2 N–H and O–H groups in total. The summed E-state index contributed by atoms with van der Waals surface area (Å²) in [6.45, 7) is 9.02. The van der Waals surface area contributed by atoms with E-state index in [1.165, 1.54) is 0 Å². The molecule has 1 aliphatic rings. The lowest BCUT2D eigenvalue weighted by atomic mass is 10.1. The fourth-order valence-electron chi connectivity index (χ4n) is 2.47. The van der Waals surface area contributed by atoms with Gasteiger partial charge in [0, 0.05) is 18.6 Å². The van der Waals surface area contributed by atoms with Crippen LogP contribution in [0.5, 0.6) is 0 Å². The van der Waals surface area contributed by atoms with E-state index in [0.29, 0.717) is 18.7 Å². The topological polar surface area (TPSA) is 69.6 Å². The van der Waals surface area contributed by atoms with Crippen molar-refractivity contribution in [1.82, 2.24) is 10.2 Å². The lowest BCUT2D eigenvalue weighted by Gasteiger charge is -2.28. The van der Waals surface area contributed by atoms with Crippen LogP contribution in [0.25, 0.3) is 0 Å². The number of fused-ring (bicyclic) bond motifs is 1. The number of aromatic carboxylic acids is 1. The largest absolute Gasteiger partial charge is 0.478 e. The molecule has 2 rings (SSSR count). The second-order valence-corrected chi connectivity index (χ2v) is 6.61. The van der Waals surface area contributed by atoms with Gasteiger partial charge in [0.2, 0.25) is 5.91 Å². The van der Waals surface area contributed by atoms with Gasteiger partial charge >= 0.3 is 5.97 Å². The Kier molecular flexibility index (Phi) is 4.05. The summed E-state index contributed by atoms with van der Waals surface area (Å²) in [4.78, 5) is 25.3. The number of hydrogen-bond acceptors (Lipinski definition) is 3. The predicted molar refractivity (Wildman–Crippen MR) is 80.0 cm³/mol. The predicted octanol–water partition coefficient (Wildman–Crippen LogP) is 2.00. The van der Waals surface area contributed by atoms with Gasteiger partial charge in [0.05, 0.1) is 11.6 Å². The van der Waals surface area contributed by atoms with Gasteiger partial charge in [-0.3, -0.25) is 9.69 Å². The molecule has 21 heavy (non-hydrogen) atoms. The third-order valence-corrected chi connectivity index (χ3v) is 3.63. The molecule has 114 valence electrons. The Bertz CT molecular complexity index is 575. The minimum atomic E-state index is -0.922. The SMILES string of the molecule is CC(C(=O)NC(C)(C)C)N1Cc2ccc(C(=O)O)cc2C1. The van der Waals surface area contributed by atoms with Gasteiger partial charge in [-0.2, -0.15) is 0 Å². The second-order valence-electron chi connectivity index (χ2n) is 6.61. The van der Waals surface area contributed by atoms with Crippen molar-refractivity contribution in [2.75, 3.05) is 0 Å². The van der Waals surface area contributed by atoms with Crippen LogP contribution in [0.2, 0.25) is 0 Å². The van der Waals surface area contributed by atoms with Crippen molar-refractivity contribution in [2.45, 2.75) is 52.4 Å². The molecule has 0 saturated heterocycles. The highest BCUT2D eigenvalue weighted by Crippen LogP contribution is 2.25. The lowest BCUT2D eigenvalue weighted by Crippen LogP contribution is -2.49. The van der Waals surface area contributed by atoms with Crippen molar-refractivity contribution in [3.8, 4) is 0 Å². The van der Waals surface area contributed by atoms with Gasteiger partial charge in [-0.1, -0.05) is 6.07 Å². The molecule has 0 saturated carbocycles. The van der Waals surface area contributed by atoms with Gasteiger partial charge in [0.15, 0.2) is 0 Å². The number of amides is 1. The summed E-state index contributed by atoms with van der Waals surface area (Å²) >= 11 is 0. The first-order chi connectivity index (χ1) is 9.67. The van der Waals surface area contributed by atoms with Crippen molar-refractivity contribution in [3.63, 3.8) is 0 Å². The molecule has 1 atom stereocenters. The van der Waals surface area contributed by atoms with Crippen molar-refractivity contribution in [1.29, 1.82) is 0 Å². The highest BCUT2D eigenvalue weighted by Gasteiger charge is 2.29. The zero-order chi connectivity index (χ0) is 15.8. The van der Waals surface area contributed by atoms with Gasteiger partial charge < -0.3 is 10.4 Å². The van der Waals surface area contributed by atoms with Crippen LogP contribution in [0.3, 0.4) is 0 Å². The van der Waals surface area contributed by atoms with E-state index in [-0.39, 0.29) is 17.5 Å². The Morgan fingerprint density at radius 2 is 1.86 bits per heavy atom. The summed E-state index contributed by atoms with van der Waals surface area (Å²) in [6.07, 6.45) is 0. The number of carbonyl (C=O) groups is 2. The minimum Gasteiger partial charge on any atom is -0.478 e. The fraction of sp³-hybridized carbons (Fsp3) is 0.500. The summed E-state index contributed by atoms with van der Waals surface area (Å²) in [5, 5.41) is 12.0. The molecule has 0 bridgehead atoms. The molecule has 0 fully saturated rings. The van der Waals surface area contributed by atoms with E-state index in [1.807, 2.05) is 33.8 Å². The quantitative estimate of drug-likeness (QED) is 0.893. The minimum absolute atomic E-state index is 0.00577. The molecular formula is C16H22N2O3. The number of nitrogens with zero attached hydrogens (tertiary/aromatic N) is 1. The maximum Gasteiger partial charge on any atom is 0.335 e. The van der Waals surface area contributed by atoms with E-state index in [0.717, 1.165) is 11.1 Å². The van der Waals surface area contributed by atoms with Gasteiger partial charge in [-0.15, -0.1) is 0 Å². The van der Waals surface area contributed by atoms with Crippen LogP contribution < -0.4 is 5.32 Å². The summed E-state index contributed by atoms with van der Waals surface area (Å²) in [6, 6.07) is 4.91. The zero-order valence-electron chi connectivity index (χ0n) is 12.9. The van der Waals surface area contributed by atoms with E-state index in [1.54, 1.807) is 12.1 Å². The molecule has 1 unspecified atom stereocenters. The molecule has 1 amide bonds. The molecule has 1 aliphatic heterocycles. The van der Waals surface area contributed by atoms with Crippen molar-refractivity contribution >= 4 is 11.9 Å². The fourth-order valence-corrected chi connectivity index (χ4v) is 2.47. The van der Waals surface area contributed by atoms with Gasteiger partial charge in [-0.05, 0) is 51.0 Å². The molecule has 0 spiro atoms. The molecule has 0 aliphatic carbocycles. The Morgan fingerprint density at radius 3 is 2.43 bits per heavy atom. The first kappa shape index (κ1) is 15.5. The summed E-state index contributed by atoms with van der Waals surface area (Å²) < 4.78 is 0. The van der Waals surface area contributed by atoms with Crippen LogP contribution in [0.15, 0.2) is 18.2 Å². The molecule has 1 aromatic carbocycles. The maximum atomic E-state index is 12.2. The van der Waals surface area contributed by atoms with Crippen LogP contribution in [0.1, 0.15) is 49.2 Å². The lowest BCUT2D eigenvalue weighted by molar-refractivity contribution is -0.127. The molecule has 1 heterocycles. The summed E-state index contributed by atoms with van der Waals surface area (Å²) in [7, 11) is 0. The average Bonchev–Trinajstić information content (AvgIpc) is 2.78. The van der Waals surface area contributed by atoms with Gasteiger partial charge in [0.1, 0.15) is 0 Å². The third-order valence-electron chi connectivity index (χ3n) is 3.63. The van der Waals surface area contributed by atoms with Crippen LogP contribution in [-0.4, -0.2) is 33.5 Å². The van der Waals surface area contributed by atoms with E-state index in [9.17, 15) is 9.59 Å². The Morgan fingerprint density at radius 1 is 1.24 bits per heavy atom. The first-order valence-electron chi connectivity index (χ1n) is 7.08. The van der Waals surface area contributed by atoms with Gasteiger partial charge in [-0.25, -0.2) is 4.79 Å². The number of carbonyl (C=O) groups excluding carboxylic acids is 1. The highest BCUT2D eigenvalue weighted by atomic mass is 16.4. The Balaban J connectivity index is 2.08. The zero-order valence-corrected chi connectivity index (χ0v) is 12.9. The smallest absolute Gasteiger partial charge is 0.335 e. The Labute approximate surface area is 125 Å². The van der Waals surface area contributed by atoms with E-state index in [4.69, 9.17) is 5.11 Å². The number of nitrogens with one attached hydrogen (secondary N) is 1. The monoisotopic (exact) mass is 290 g/mol. The van der Waals surface area contributed by atoms with E-state index < -0.39 is 5.97 Å². The molecule has 0 radical (unpaired) electrons. The second kappa shape index (κ2) is 5.48. The molecule has 5 nitrogen and oxygen atoms in total. The van der Waals surface area contributed by atoms with Crippen molar-refractivity contribution < 1.29 is 14.7 Å². The molecule has 5 heteroatoms. The summed E-state index contributed by atoms with van der Waals surface area (Å²) in [5.74, 6) is -0.927. The molecule has 0 aromatic heterocycles. The Hall–Kier alpha value is -1.88.